The van der Waals surface area contributed by atoms with Crippen LogP contribution in [0.3, 0.4) is 0 Å². The zero-order valence-corrected chi connectivity index (χ0v) is 21.5. The van der Waals surface area contributed by atoms with Crippen LogP contribution in [0.25, 0.3) is 22.3 Å². The molecule has 0 aliphatic carbocycles. The Balaban J connectivity index is 0.00000137. The first kappa shape index (κ1) is 28.8. The smallest absolute Gasteiger partial charge is 0.342 e. The summed E-state index contributed by atoms with van der Waals surface area (Å²) in [6, 6.07) is 9.40. The lowest BCUT2D eigenvalue weighted by Gasteiger charge is -2.15. The highest BCUT2D eigenvalue weighted by molar-refractivity contribution is 6.10. The SMILES string of the molecule is C=CCCNc1cc2oc(-c3ccc(F)cc3)c(C(=O)OCC)c2cc1OC(C)C.CC.CC. The number of hydrogen-bond donors (Lipinski definition) is 1. The highest BCUT2D eigenvalue weighted by Crippen LogP contribution is 2.39. The van der Waals surface area contributed by atoms with Crippen LogP contribution in [0.1, 0.15) is 65.2 Å². The van der Waals surface area contributed by atoms with Crippen LogP contribution >= 0.6 is 0 Å². The third-order valence-electron chi connectivity index (χ3n) is 4.40. The Labute approximate surface area is 202 Å². The van der Waals surface area contributed by atoms with Crippen molar-refractivity contribution < 1.29 is 23.1 Å². The molecule has 2 aromatic carbocycles. The molecule has 0 saturated heterocycles. The molecule has 0 radical (unpaired) electrons. The molecule has 0 aliphatic heterocycles. The van der Waals surface area contributed by atoms with Gasteiger partial charge in [0.1, 0.15) is 28.5 Å². The number of carbonyl (C=O) groups excluding carboxylic acids is 1. The van der Waals surface area contributed by atoms with Gasteiger partial charge in [-0.2, -0.15) is 0 Å². The number of furan rings is 1. The first-order valence-electron chi connectivity index (χ1n) is 12.0. The number of esters is 1. The Kier molecular flexibility index (Phi) is 12.5. The molecule has 0 unspecified atom stereocenters. The average molecular weight is 472 g/mol. The van der Waals surface area contributed by atoms with Crippen molar-refractivity contribution in [2.75, 3.05) is 18.5 Å². The minimum atomic E-state index is -0.501. The van der Waals surface area contributed by atoms with Gasteiger partial charge in [-0.1, -0.05) is 33.8 Å². The van der Waals surface area contributed by atoms with Gasteiger partial charge >= 0.3 is 5.97 Å². The van der Waals surface area contributed by atoms with Gasteiger partial charge in [0.05, 0.1) is 18.4 Å². The van der Waals surface area contributed by atoms with Crippen LogP contribution in [-0.4, -0.2) is 25.2 Å². The molecule has 34 heavy (non-hydrogen) atoms. The van der Waals surface area contributed by atoms with Crippen LogP contribution in [-0.2, 0) is 4.74 Å². The molecule has 3 rings (SSSR count). The maximum Gasteiger partial charge on any atom is 0.342 e. The molecule has 5 nitrogen and oxygen atoms in total. The van der Waals surface area contributed by atoms with Gasteiger partial charge in [0.25, 0.3) is 0 Å². The number of rotatable bonds is 9. The third-order valence-corrected chi connectivity index (χ3v) is 4.40. The highest BCUT2D eigenvalue weighted by Gasteiger charge is 2.25. The molecular weight excluding hydrogens is 433 g/mol. The number of fused-ring (bicyclic) bond motifs is 1. The summed E-state index contributed by atoms with van der Waals surface area (Å²) in [5.41, 5.74) is 2.15. The van der Waals surface area contributed by atoms with E-state index in [4.69, 9.17) is 13.9 Å². The Morgan fingerprint density at radius 3 is 2.35 bits per heavy atom. The van der Waals surface area contributed by atoms with E-state index >= 15 is 0 Å². The molecule has 6 heteroatoms. The van der Waals surface area contributed by atoms with Crippen LogP contribution in [0.5, 0.6) is 5.75 Å². The monoisotopic (exact) mass is 471 g/mol. The second-order valence-electron chi connectivity index (χ2n) is 7.05. The maximum absolute atomic E-state index is 13.4. The van der Waals surface area contributed by atoms with E-state index < -0.39 is 5.97 Å². The third kappa shape index (κ3) is 7.37. The number of nitrogens with one attached hydrogen (secondary N) is 1. The van der Waals surface area contributed by atoms with Gasteiger partial charge < -0.3 is 19.2 Å². The van der Waals surface area contributed by atoms with E-state index in [1.807, 2.05) is 53.7 Å². The van der Waals surface area contributed by atoms with E-state index in [1.165, 1.54) is 12.1 Å². The van der Waals surface area contributed by atoms with Crippen molar-refractivity contribution >= 4 is 22.6 Å². The van der Waals surface area contributed by atoms with E-state index in [9.17, 15) is 9.18 Å². The molecule has 0 aliphatic rings. The molecule has 186 valence electrons. The molecule has 0 fully saturated rings. The van der Waals surface area contributed by atoms with Crippen LogP contribution in [0, 0.1) is 5.82 Å². The van der Waals surface area contributed by atoms with Crippen LogP contribution in [0.15, 0.2) is 53.5 Å². The van der Waals surface area contributed by atoms with Crippen molar-refractivity contribution in [2.24, 2.45) is 0 Å². The first-order chi connectivity index (χ1) is 16.4. The van der Waals surface area contributed by atoms with Gasteiger partial charge in [-0.05, 0) is 57.5 Å². The molecule has 0 amide bonds. The Hall–Kier alpha value is -3.28. The number of halogens is 1. The predicted octanol–water partition coefficient (Wildman–Crippen LogP) is 8.24. The van der Waals surface area contributed by atoms with E-state index in [1.54, 1.807) is 25.1 Å². The Morgan fingerprint density at radius 1 is 1.15 bits per heavy atom. The molecule has 0 bridgehead atoms. The van der Waals surface area contributed by atoms with Gasteiger partial charge in [-0.25, -0.2) is 9.18 Å². The average Bonchev–Trinajstić information content (AvgIpc) is 3.20. The highest BCUT2D eigenvalue weighted by atomic mass is 19.1. The van der Waals surface area contributed by atoms with Crippen molar-refractivity contribution in [1.82, 2.24) is 0 Å². The molecule has 3 aromatic rings. The lowest BCUT2D eigenvalue weighted by molar-refractivity contribution is 0.0528. The second kappa shape index (κ2) is 14.8. The van der Waals surface area contributed by atoms with Crippen LogP contribution in [0.4, 0.5) is 10.1 Å². The summed E-state index contributed by atoms with van der Waals surface area (Å²) < 4.78 is 30.7. The summed E-state index contributed by atoms with van der Waals surface area (Å²) in [4.78, 5) is 12.8. The molecule has 1 N–H and O–H groups in total. The van der Waals surface area contributed by atoms with Gasteiger partial charge in [0.2, 0.25) is 0 Å². The van der Waals surface area contributed by atoms with E-state index in [-0.39, 0.29) is 18.5 Å². The van der Waals surface area contributed by atoms with Crippen LogP contribution in [0.2, 0.25) is 0 Å². The quantitative estimate of drug-likeness (QED) is 0.193. The lowest BCUT2D eigenvalue weighted by atomic mass is 10.0. The molecule has 1 aromatic heterocycles. The first-order valence-corrected chi connectivity index (χ1v) is 12.0. The minimum absolute atomic E-state index is 0.0584. The Bertz CT molecular complexity index is 1040. The summed E-state index contributed by atoms with van der Waals surface area (Å²) in [7, 11) is 0. The molecule has 0 saturated carbocycles. The van der Waals surface area contributed by atoms with Gasteiger partial charge in [0, 0.05) is 23.6 Å². The zero-order chi connectivity index (χ0) is 25.7. The normalized spacial score (nSPS) is 10.0. The fraction of sp³-hybridized carbons (Fsp3) is 0.393. The largest absolute Gasteiger partial charge is 0.489 e. The lowest BCUT2D eigenvalue weighted by Crippen LogP contribution is -2.10. The van der Waals surface area contributed by atoms with E-state index in [0.717, 1.165) is 12.1 Å². The molecule has 0 atom stereocenters. The summed E-state index contributed by atoms with van der Waals surface area (Å²) in [5.74, 6) is 0.0769. The van der Waals surface area contributed by atoms with Crippen molar-refractivity contribution in [3.63, 3.8) is 0 Å². The Morgan fingerprint density at radius 2 is 1.79 bits per heavy atom. The van der Waals surface area contributed by atoms with Crippen molar-refractivity contribution in [3.05, 3.63) is 60.4 Å². The summed E-state index contributed by atoms with van der Waals surface area (Å²) in [5, 5.41) is 3.90. The molecule has 1 heterocycles. The van der Waals surface area contributed by atoms with Crippen LogP contribution < -0.4 is 10.1 Å². The van der Waals surface area contributed by atoms with Crippen molar-refractivity contribution in [2.45, 2.75) is 61.0 Å². The second-order valence-corrected chi connectivity index (χ2v) is 7.05. The predicted molar refractivity (Wildman–Crippen MR) is 139 cm³/mol. The maximum atomic E-state index is 13.4. The van der Waals surface area contributed by atoms with Crippen molar-refractivity contribution in [3.8, 4) is 17.1 Å². The fourth-order valence-corrected chi connectivity index (χ4v) is 3.13. The number of carbonyl (C=O) groups is 1. The molecular formula is C28H38FNO4. The van der Waals surface area contributed by atoms with Gasteiger partial charge in [-0.3, -0.25) is 0 Å². The number of ether oxygens (including phenoxy) is 2. The summed E-state index contributed by atoms with van der Waals surface area (Å²) in [6.07, 6.45) is 2.55. The number of hydrogen-bond acceptors (Lipinski definition) is 5. The van der Waals surface area contributed by atoms with E-state index in [0.29, 0.717) is 40.2 Å². The standard InChI is InChI=1S/C24H26FNO4.2C2H6/c1-5-7-12-26-19-14-20-18(13-21(19)29-15(3)4)22(24(27)28-6-2)23(30-20)16-8-10-17(25)11-9-16;2*1-2/h5,8-11,13-15,26H,1,6-7,12H2,2-4H3;2*1-2H3. The van der Waals surface area contributed by atoms with Gasteiger partial charge in [-0.15, -0.1) is 6.58 Å². The fourth-order valence-electron chi connectivity index (χ4n) is 3.13. The molecule has 0 spiro atoms. The number of benzene rings is 2. The summed E-state index contributed by atoms with van der Waals surface area (Å²) in [6.45, 7) is 18.3. The number of anilines is 1. The van der Waals surface area contributed by atoms with E-state index in [2.05, 4.69) is 11.9 Å². The zero-order valence-electron chi connectivity index (χ0n) is 21.5. The van der Waals surface area contributed by atoms with Gasteiger partial charge in [0.15, 0.2) is 0 Å². The minimum Gasteiger partial charge on any atom is -0.489 e. The topological polar surface area (TPSA) is 60.7 Å². The summed E-state index contributed by atoms with van der Waals surface area (Å²) >= 11 is 0. The van der Waals surface area contributed by atoms with Crippen molar-refractivity contribution in [1.29, 1.82) is 0 Å².